The van der Waals surface area contributed by atoms with E-state index in [1.54, 1.807) is 6.33 Å². The summed E-state index contributed by atoms with van der Waals surface area (Å²) in [5, 5.41) is 9.92. The van der Waals surface area contributed by atoms with Crippen LogP contribution in [0.1, 0.15) is 50.3 Å². The monoisotopic (exact) mass is 248 g/mol. The van der Waals surface area contributed by atoms with E-state index in [-0.39, 0.29) is 11.8 Å². The molecule has 1 aromatic heterocycles. The predicted molar refractivity (Wildman–Crippen MR) is 66.8 cm³/mol. The third kappa shape index (κ3) is 2.71. The molecule has 2 N–H and O–H groups in total. The van der Waals surface area contributed by atoms with Crippen LogP contribution in [0.4, 0.5) is 0 Å². The molecule has 2 aliphatic rings. The number of aromatic nitrogens is 3. The Bertz CT molecular complexity index is 391. The number of nitrogens with one attached hydrogen (secondary N) is 2. The Labute approximate surface area is 107 Å². The average Bonchev–Trinajstić information content (AvgIpc) is 3.08. The fraction of sp³-hybridized carbons (Fsp3) is 0.769. The molecule has 5 heteroatoms. The van der Waals surface area contributed by atoms with E-state index in [0.717, 1.165) is 44.0 Å². The minimum absolute atomic E-state index is 0.211. The highest BCUT2D eigenvalue weighted by Gasteiger charge is 2.29. The maximum Gasteiger partial charge on any atom is 0.223 e. The van der Waals surface area contributed by atoms with Crippen LogP contribution in [-0.4, -0.2) is 27.6 Å². The highest BCUT2D eigenvalue weighted by Crippen LogP contribution is 2.34. The molecule has 3 rings (SSSR count). The van der Waals surface area contributed by atoms with Crippen LogP contribution in [0.15, 0.2) is 6.33 Å². The Morgan fingerprint density at radius 2 is 2.06 bits per heavy atom. The molecule has 0 radical (unpaired) electrons. The minimum atomic E-state index is 0.211. The SMILES string of the molecule is O=C(NCC1CC1)C1CCC(c2ncn[nH]2)CC1. The first-order chi connectivity index (χ1) is 8.83. The Kier molecular flexibility index (Phi) is 3.30. The fourth-order valence-electron chi connectivity index (χ4n) is 2.75. The van der Waals surface area contributed by atoms with E-state index < -0.39 is 0 Å². The summed E-state index contributed by atoms with van der Waals surface area (Å²) in [5.74, 6) is 2.67. The third-order valence-electron chi connectivity index (χ3n) is 4.18. The van der Waals surface area contributed by atoms with E-state index in [9.17, 15) is 4.79 Å². The van der Waals surface area contributed by atoms with Crippen LogP contribution < -0.4 is 5.32 Å². The number of carbonyl (C=O) groups excluding carboxylic acids is 1. The van der Waals surface area contributed by atoms with Crippen molar-refractivity contribution >= 4 is 5.91 Å². The van der Waals surface area contributed by atoms with Crippen LogP contribution >= 0.6 is 0 Å². The van der Waals surface area contributed by atoms with Crippen LogP contribution in [0, 0.1) is 11.8 Å². The molecule has 0 atom stereocenters. The van der Waals surface area contributed by atoms with E-state index >= 15 is 0 Å². The van der Waals surface area contributed by atoms with Crippen molar-refractivity contribution in [3.05, 3.63) is 12.2 Å². The number of amides is 1. The molecule has 0 spiro atoms. The van der Waals surface area contributed by atoms with Gasteiger partial charge in [0.1, 0.15) is 12.2 Å². The molecule has 1 heterocycles. The molecule has 18 heavy (non-hydrogen) atoms. The molecular weight excluding hydrogens is 228 g/mol. The van der Waals surface area contributed by atoms with Crippen molar-refractivity contribution in [1.82, 2.24) is 20.5 Å². The zero-order valence-electron chi connectivity index (χ0n) is 10.6. The molecule has 98 valence electrons. The summed E-state index contributed by atoms with van der Waals surface area (Å²) in [7, 11) is 0. The van der Waals surface area contributed by atoms with Crippen molar-refractivity contribution < 1.29 is 4.79 Å². The summed E-state index contributed by atoms with van der Waals surface area (Å²) in [4.78, 5) is 16.2. The topological polar surface area (TPSA) is 70.7 Å². The quantitative estimate of drug-likeness (QED) is 0.850. The van der Waals surface area contributed by atoms with Gasteiger partial charge >= 0.3 is 0 Å². The zero-order chi connectivity index (χ0) is 12.4. The summed E-state index contributed by atoms with van der Waals surface area (Å²) in [6, 6.07) is 0. The van der Waals surface area contributed by atoms with E-state index in [4.69, 9.17) is 0 Å². The first-order valence-electron chi connectivity index (χ1n) is 6.96. The van der Waals surface area contributed by atoms with Gasteiger partial charge in [-0.1, -0.05) is 0 Å². The lowest BCUT2D eigenvalue weighted by Gasteiger charge is -2.26. The second kappa shape index (κ2) is 5.08. The summed E-state index contributed by atoms with van der Waals surface area (Å²) in [6.45, 7) is 0.890. The van der Waals surface area contributed by atoms with Crippen LogP contribution in [0.2, 0.25) is 0 Å². The summed E-state index contributed by atoms with van der Waals surface area (Å²) in [5.41, 5.74) is 0. The molecule has 2 fully saturated rings. The second-order valence-electron chi connectivity index (χ2n) is 5.61. The maximum atomic E-state index is 12.0. The van der Waals surface area contributed by atoms with Gasteiger partial charge in [0.15, 0.2) is 0 Å². The molecule has 1 aromatic rings. The maximum absolute atomic E-state index is 12.0. The molecule has 5 nitrogen and oxygen atoms in total. The summed E-state index contributed by atoms with van der Waals surface area (Å²) < 4.78 is 0. The van der Waals surface area contributed by atoms with Crippen molar-refractivity contribution in [2.24, 2.45) is 11.8 Å². The van der Waals surface area contributed by atoms with Gasteiger partial charge in [0, 0.05) is 18.4 Å². The third-order valence-corrected chi connectivity index (χ3v) is 4.18. The smallest absolute Gasteiger partial charge is 0.223 e. The lowest BCUT2D eigenvalue weighted by atomic mass is 9.81. The molecular formula is C13H20N4O. The normalized spacial score (nSPS) is 28.0. The molecule has 2 aliphatic carbocycles. The lowest BCUT2D eigenvalue weighted by Crippen LogP contribution is -2.34. The first-order valence-corrected chi connectivity index (χ1v) is 6.96. The molecule has 1 amide bonds. The van der Waals surface area contributed by atoms with Crippen LogP contribution in [-0.2, 0) is 4.79 Å². The highest BCUT2D eigenvalue weighted by atomic mass is 16.1. The zero-order valence-corrected chi connectivity index (χ0v) is 10.6. The van der Waals surface area contributed by atoms with E-state index in [0.29, 0.717) is 5.92 Å². The Balaban J connectivity index is 1.45. The van der Waals surface area contributed by atoms with Crippen molar-refractivity contribution in [3.8, 4) is 0 Å². The van der Waals surface area contributed by atoms with Gasteiger partial charge in [-0.2, -0.15) is 5.10 Å². The van der Waals surface area contributed by atoms with E-state index in [1.165, 1.54) is 12.8 Å². The van der Waals surface area contributed by atoms with Gasteiger partial charge in [0.25, 0.3) is 0 Å². The molecule has 2 saturated carbocycles. The standard InChI is InChI=1S/C13H20N4O/c18-13(14-7-9-1-2-9)11-5-3-10(4-6-11)12-15-8-16-17-12/h8-11H,1-7H2,(H,14,18)(H,15,16,17). The second-order valence-corrected chi connectivity index (χ2v) is 5.61. The summed E-state index contributed by atoms with van der Waals surface area (Å²) >= 11 is 0. The first kappa shape index (κ1) is 11.7. The van der Waals surface area contributed by atoms with Crippen molar-refractivity contribution in [1.29, 1.82) is 0 Å². The molecule has 0 saturated heterocycles. The van der Waals surface area contributed by atoms with Crippen LogP contribution in [0.5, 0.6) is 0 Å². The van der Waals surface area contributed by atoms with E-state index in [1.807, 2.05) is 0 Å². The Morgan fingerprint density at radius 1 is 1.28 bits per heavy atom. The number of rotatable bonds is 4. The van der Waals surface area contributed by atoms with Gasteiger partial charge in [0.05, 0.1) is 0 Å². The van der Waals surface area contributed by atoms with E-state index in [2.05, 4.69) is 20.5 Å². The lowest BCUT2D eigenvalue weighted by molar-refractivity contribution is -0.126. The van der Waals surface area contributed by atoms with Gasteiger partial charge in [-0.15, -0.1) is 0 Å². The molecule has 0 unspecified atom stereocenters. The number of hydrogen-bond donors (Lipinski definition) is 2. The number of H-pyrrole nitrogens is 1. The minimum Gasteiger partial charge on any atom is -0.356 e. The highest BCUT2D eigenvalue weighted by molar-refractivity contribution is 5.78. The van der Waals surface area contributed by atoms with Crippen molar-refractivity contribution in [3.63, 3.8) is 0 Å². The number of nitrogens with zero attached hydrogens (tertiary/aromatic N) is 2. The molecule has 0 aliphatic heterocycles. The number of hydrogen-bond acceptors (Lipinski definition) is 3. The van der Waals surface area contributed by atoms with Gasteiger partial charge in [-0.3, -0.25) is 9.89 Å². The van der Waals surface area contributed by atoms with Gasteiger partial charge in [-0.05, 0) is 44.4 Å². The average molecular weight is 248 g/mol. The Morgan fingerprint density at radius 3 is 2.67 bits per heavy atom. The van der Waals surface area contributed by atoms with Gasteiger partial charge in [0.2, 0.25) is 5.91 Å². The van der Waals surface area contributed by atoms with Crippen molar-refractivity contribution in [2.75, 3.05) is 6.54 Å². The van der Waals surface area contributed by atoms with Crippen LogP contribution in [0.25, 0.3) is 0 Å². The largest absolute Gasteiger partial charge is 0.356 e. The number of carbonyl (C=O) groups is 1. The van der Waals surface area contributed by atoms with Crippen molar-refractivity contribution in [2.45, 2.75) is 44.4 Å². The van der Waals surface area contributed by atoms with Gasteiger partial charge in [-0.25, -0.2) is 4.98 Å². The predicted octanol–water partition coefficient (Wildman–Crippen LogP) is 1.60. The molecule has 0 bridgehead atoms. The Hall–Kier alpha value is -1.39. The molecule has 0 aromatic carbocycles. The summed E-state index contributed by atoms with van der Waals surface area (Å²) in [6.07, 6.45) is 8.16. The number of aromatic amines is 1. The fourth-order valence-corrected chi connectivity index (χ4v) is 2.75. The van der Waals surface area contributed by atoms with Gasteiger partial charge < -0.3 is 5.32 Å². The van der Waals surface area contributed by atoms with Crippen LogP contribution in [0.3, 0.4) is 0 Å².